The molecule has 1 amide bonds. The molecule has 19 heavy (non-hydrogen) atoms. The molecule has 0 spiro atoms. The standard InChI is InChI=1S/C12H19NO6/c1-3-18-9(14)12(10(15)19-4-2)5-7-13(8-6-12)11(16)17/h3-8H2,1-2H3,(H,16,17). The molecule has 1 rings (SSSR count). The van der Waals surface area contributed by atoms with E-state index in [2.05, 4.69) is 0 Å². The lowest BCUT2D eigenvalue weighted by Gasteiger charge is -2.36. The Balaban J connectivity index is 2.87. The first-order valence-electron chi connectivity index (χ1n) is 6.30. The molecule has 1 aliphatic heterocycles. The van der Waals surface area contributed by atoms with Crippen LogP contribution in [0.4, 0.5) is 4.79 Å². The topological polar surface area (TPSA) is 93.1 Å². The molecule has 0 bridgehead atoms. The van der Waals surface area contributed by atoms with Crippen LogP contribution < -0.4 is 0 Å². The Morgan fingerprint density at radius 2 is 1.47 bits per heavy atom. The molecule has 7 nitrogen and oxygen atoms in total. The van der Waals surface area contributed by atoms with E-state index in [-0.39, 0.29) is 39.1 Å². The van der Waals surface area contributed by atoms with Crippen molar-refractivity contribution in [3.63, 3.8) is 0 Å². The number of carbonyl (C=O) groups excluding carboxylic acids is 2. The number of ether oxygens (including phenoxy) is 2. The molecule has 7 heteroatoms. The smallest absolute Gasteiger partial charge is 0.407 e. The summed E-state index contributed by atoms with van der Waals surface area (Å²) in [7, 11) is 0. The van der Waals surface area contributed by atoms with Gasteiger partial charge in [0, 0.05) is 13.1 Å². The van der Waals surface area contributed by atoms with Crippen molar-refractivity contribution in [3.05, 3.63) is 0 Å². The molecule has 1 heterocycles. The number of rotatable bonds is 4. The third kappa shape index (κ3) is 3.15. The van der Waals surface area contributed by atoms with Gasteiger partial charge in [0.15, 0.2) is 5.41 Å². The Labute approximate surface area is 111 Å². The highest BCUT2D eigenvalue weighted by Crippen LogP contribution is 2.34. The molecule has 0 aromatic carbocycles. The maximum atomic E-state index is 12.0. The predicted octanol–water partition coefficient (Wildman–Crippen LogP) is 0.873. The predicted molar refractivity (Wildman–Crippen MR) is 64.5 cm³/mol. The second-order valence-electron chi connectivity index (χ2n) is 4.29. The van der Waals surface area contributed by atoms with Gasteiger partial charge in [-0.15, -0.1) is 0 Å². The summed E-state index contributed by atoms with van der Waals surface area (Å²) in [6.07, 6.45) is -0.866. The number of carboxylic acid groups (broad SMARTS) is 1. The van der Waals surface area contributed by atoms with E-state index in [1.54, 1.807) is 13.8 Å². The highest BCUT2D eigenvalue weighted by Gasteiger charge is 2.51. The van der Waals surface area contributed by atoms with Crippen LogP contribution in [0.15, 0.2) is 0 Å². The van der Waals surface area contributed by atoms with Crippen LogP contribution in [-0.4, -0.2) is 54.3 Å². The van der Waals surface area contributed by atoms with E-state index in [0.717, 1.165) is 0 Å². The van der Waals surface area contributed by atoms with Crippen molar-refractivity contribution in [2.45, 2.75) is 26.7 Å². The van der Waals surface area contributed by atoms with Crippen molar-refractivity contribution < 1.29 is 29.0 Å². The zero-order chi connectivity index (χ0) is 14.5. The normalized spacial score (nSPS) is 17.7. The van der Waals surface area contributed by atoms with Crippen LogP contribution in [0.1, 0.15) is 26.7 Å². The van der Waals surface area contributed by atoms with E-state index in [9.17, 15) is 14.4 Å². The molecule has 1 aliphatic rings. The first-order chi connectivity index (χ1) is 8.97. The fourth-order valence-corrected chi connectivity index (χ4v) is 2.11. The molecule has 0 unspecified atom stereocenters. The van der Waals surface area contributed by atoms with E-state index < -0.39 is 23.4 Å². The minimum absolute atomic E-state index is 0.0942. The summed E-state index contributed by atoms with van der Waals surface area (Å²) in [6.45, 7) is 3.89. The molecule has 1 fully saturated rings. The van der Waals surface area contributed by atoms with Gasteiger partial charge < -0.3 is 19.5 Å². The third-order valence-corrected chi connectivity index (χ3v) is 3.22. The minimum atomic E-state index is -1.36. The lowest BCUT2D eigenvalue weighted by atomic mass is 9.78. The summed E-state index contributed by atoms with van der Waals surface area (Å²) >= 11 is 0. The number of likely N-dealkylation sites (tertiary alicyclic amines) is 1. The highest BCUT2D eigenvalue weighted by atomic mass is 16.6. The van der Waals surface area contributed by atoms with Gasteiger partial charge in [-0.05, 0) is 26.7 Å². The molecule has 108 valence electrons. The number of esters is 2. The fraction of sp³-hybridized carbons (Fsp3) is 0.750. The summed E-state index contributed by atoms with van der Waals surface area (Å²) in [5.74, 6) is -1.25. The molecule has 0 aliphatic carbocycles. The van der Waals surface area contributed by atoms with Gasteiger partial charge in [0.2, 0.25) is 0 Å². The molecule has 0 saturated carbocycles. The Hall–Kier alpha value is -1.79. The van der Waals surface area contributed by atoms with Crippen molar-refractivity contribution in [3.8, 4) is 0 Å². The van der Waals surface area contributed by atoms with Gasteiger partial charge >= 0.3 is 18.0 Å². The first-order valence-corrected chi connectivity index (χ1v) is 6.30. The SMILES string of the molecule is CCOC(=O)C1(C(=O)OCC)CCN(C(=O)O)CC1. The number of hydrogen-bond acceptors (Lipinski definition) is 5. The monoisotopic (exact) mass is 273 g/mol. The van der Waals surface area contributed by atoms with Crippen LogP contribution in [0.2, 0.25) is 0 Å². The second kappa shape index (κ2) is 6.40. The number of amides is 1. The molecule has 1 saturated heterocycles. The van der Waals surface area contributed by atoms with Crippen molar-refractivity contribution in [1.82, 2.24) is 4.90 Å². The van der Waals surface area contributed by atoms with Crippen LogP contribution in [0, 0.1) is 5.41 Å². The van der Waals surface area contributed by atoms with Crippen LogP contribution in [-0.2, 0) is 19.1 Å². The maximum absolute atomic E-state index is 12.0. The summed E-state index contributed by atoms with van der Waals surface area (Å²) in [5, 5.41) is 8.89. The average Bonchev–Trinajstić information content (AvgIpc) is 2.39. The highest BCUT2D eigenvalue weighted by molar-refractivity contribution is 6.00. The average molecular weight is 273 g/mol. The lowest BCUT2D eigenvalue weighted by molar-refractivity contribution is -0.175. The van der Waals surface area contributed by atoms with Crippen LogP contribution >= 0.6 is 0 Å². The number of hydrogen-bond donors (Lipinski definition) is 1. The quantitative estimate of drug-likeness (QED) is 0.603. The van der Waals surface area contributed by atoms with Crippen molar-refractivity contribution >= 4 is 18.0 Å². The minimum Gasteiger partial charge on any atom is -0.465 e. The van der Waals surface area contributed by atoms with Gasteiger partial charge in [0.05, 0.1) is 13.2 Å². The molecule has 0 radical (unpaired) electrons. The second-order valence-corrected chi connectivity index (χ2v) is 4.29. The summed E-state index contributed by atoms with van der Waals surface area (Å²) < 4.78 is 9.88. The number of piperidine rings is 1. The fourth-order valence-electron chi connectivity index (χ4n) is 2.11. The Bertz CT molecular complexity index is 339. The van der Waals surface area contributed by atoms with Crippen molar-refractivity contribution in [1.29, 1.82) is 0 Å². The Morgan fingerprint density at radius 3 is 1.79 bits per heavy atom. The van der Waals surface area contributed by atoms with Crippen LogP contribution in [0.25, 0.3) is 0 Å². The lowest BCUT2D eigenvalue weighted by Crippen LogP contribution is -2.51. The van der Waals surface area contributed by atoms with Gasteiger partial charge in [-0.2, -0.15) is 0 Å². The third-order valence-electron chi connectivity index (χ3n) is 3.22. The van der Waals surface area contributed by atoms with E-state index in [4.69, 9.17) is 14.6 Å². The van der Waals surface area contributed by atoms with Gasteiger partial charge in [-0.3, -0.25) is 9.59 Å². The molecule has 0 aromatic heterocycles. The van der Waals surface area contributed by atoms with Crippen molar-refractivity contribution in [2.24, 2.45) is 5.41 Å². The Kier molecular flexibility index (Phi) is 5.14. The Morgan fingerprint density at radius 1 is 1.05 bits per heavy atom. The van der Waals surface area contributed by atoms with E-state index in [1.807, 2.05) is 0 Å². The largest absolute Gasteiger partial charge is 0.465 e. The summed E-state index contributed by atoms with van der Waals surface area (Å²) in [5.41, 5.74) is -1.36. The number of nitrogens with zero attached hydrogens (tertiary/aromatic N) is 1. The van der Waals surface area contributed by atoms with Gasteiger partial charge in [-0.1, -0.05) is 0 Å². The molecular formula is C12H19NO6. The van der Waals surface area contributed by atoms with Crippen molar-refractivity contribution in [2.75, 3.05) is 26.3 Å². The molecule has 1 N–H and O–H groups in total. The van der Waals surface area contributed by atoms with Gasteiger partial charge in [0.1, 0.15) is 0 Å². The van der Waals surface area contributed by atoms with Crippen LogP contribution in [0.5, 0.6) is 0 Å². The zero-order valence-corrected chi connectivity index (χ0v) is 11.2. The van der Waals surface area contributed by atoms with E-state index in [1.165, 1.54) is 4.90 Å². The summed E-state index contributed by atoms with van der Waals surface area (Å²) in [6, 6.07) is 0. The summed E-state index contributed by atoms with van der Waals surface area (Å²) in [4.78, 5) is 36.1. The van der Waals surface area contributed by atoms with Gasteiger partial charge in [0.25, 0.3) is 0 Å². The zero-order valence-electron chi connectivity index (χ0n) is 11.2. The maximum Gasteiger partial charge on any atom is 0.407 e. The van der Waals surface area contributed by atoms with Crippen LogP contribution in [0.3, 0.4) is 0 Å². The number of carbonyl (C=O) groups is 3. The van der Waals surface area contributed by atoms with E-state index in [0.29, 0.717) is 0 Å². The molecule has 0 atom stereocenters. The molecule has 0 aromatic rings. The van der Waals surface area contributed by atoms with E-state index >= 15 is 0 Å². The first kappa shape index (κ1) is 15.3. The van der Waals surface area contributed by atoms with Gasteiger partial charge in [-0.25, -0.2) is 4.79 Å². The molecular weight excluding hydrogens is 254 g/mol.